The zero-order valence-corrected chi connectivity index (χ0v) is 15.7. The van der Waals surface area contributed by atoms with E-state index >= 15 is 0 Å². The van der Waals surface area contributed by atoms with Gasteiger partial charge in [0.25, 0.3) is 0 Å². The largest absolute Gasteiger partial charge is 0.464 e. The molecule has 136 valence electrons. The summed E-state index contributed by atoms with van der Waals surface area (Å²) in [6, 6.07) is 3.97. The highest BCUT2D eigenvalue weighted by Crippen LogP contribution is 2.26. The fourth-order valence-electron chi connectivity index (χ4n) is 2.25. The van der Waals surface area contributed by atoms with Crippen LogP contribution >= 0.6 is 11.8 Å². The summed E-state index contributed by atoms with van der Waals surface area (Å²) in [4.78, 5) is 12.9. The first kappa shape index (κ1) is 19.2. The van der Waals surface area contributed by atoms with Gasteiger partial charge in [-0.25, -0.2) is 0 Å². The molecule has 0 bridgehead atoms. The van der Waals surface area contributed by atoms with Gasteiger partial charge in [0.15, 0.2) is 0 Å². The lowest BCUT2D eigenvalue weighted by atomic mass is 10.2. The van der Waals surface area contributed by atoms with Crippen LogP contribution < -0.4 is 5.32 Å². The van der Waals surface area contributed by atoms with E-state index in [0.29, 0.717) is 17.8 Å². The Kier molecular flexibility index (Phi) is 6.77. The average molecular weight is 365 g/mol. The minimum absolute atomic E-state index is 0.00291. The Labute approximate surface area is 151 Å². The molecule has 25 heavy (non-hydrogen) atoms. The number of anilines is 1. The number of nitrogens with zero attached hydrogens (tertiary/aromatic N) is 4. The minimum atomic E-state index is -0.415. The molecule has 0 amide bonds. The van der Waals surface area contributed by atoms with E-state index in [2.05, 4.69) is 20.4 Å². The first-order valence-electron chi connectivity index (χ1n) is 7.90. The molecule has 0 spiro atoms. The number of hydrogen-bond donors (Lipinski definition) is 1. The summed E-state index contributed by atoms with van der Waals surface area (Å²) in [5.41, 5.74) is 1.11. The summed E-state index contributed by atoms with van der Waals surface area (Å²) in [6.07, 6.45) is 0. The van der Waals surface area contributed by atoms with Crippen molar-refractivity contribution in [1.29, 1.82) is 0 Å². The molecule has 0 aliphatic carbocycles. The second-order valence-electron chi connectivity index (χ2n) is 5.95. The Hall–Kier alpha value is -2.13. The maximum atomic E-state index is 11.2. The van der Waals surface area contributed by atoms with Crippen molar-refractivity contribution in [2.75, 3.05) is 31.7 Å². The van der Waals surface area contributed by atoms with Gasteiger partial charge in [-0.15, -0.1) is 5.10 Å². The number of aryl methyl sites for hydroxylation is 1. The SMILES string of the molecule is Cc1nnc(NCCSCc2ccc(CN(C)C)o2)c([N+](=O)[O-])c1C. The molecular weight excluding hydrogens is 342 g/mol. The molecule has 8 nitrogen and oxygen atoms in total. The lowest BCUT2D eigenvalue weighted by molar-refractivity contribution is -0.384. The second kappa shape index (κ2) is 8.82. The number of hydrogen-bond acceptors (Lipinski definition) is 8. The molecular formula is C16H23N5O3S. The van der Waals surface area contributed by atoms with Crippen LogP contribution in [0.4, 0.5) is 11.5 Å². The van der Waals surface area contributed by atoms with E-state index in [1.165, 1.54) is 0 Å². The molecule has 2 heterocycles. The topological polar surface area (TPSA) is 97.3 Å². The number of rotatable bonds is 9. The molecule has 2 rings (SSSR count). The molecule has 2 aromatic heterocycles. The molecule has 0 atom stereocenters. The van der Waals surface area contributed by atoms with Gasteiger partial charge in [-0.05, 0) is 40.1 Å². The molecule has 0 saturated carbocycles. The quantitative estimate of drug-likeness (QED) is 0.411. The zero-order valence-electron chi connectivity index (χ0n) is 14.9. The van der Waals surface area contributed by atoms with Gasteiger partial charge in [0.2, 0.25) is 5.82 Å². The molecule has 0 aliphatic heterocycles. The van der Waals surface area contributed by atoms with Gasteiger partial charge in [0.1, 0.15) is 11.5 Å². The van der Waals surface area contributed by atoms with E-state index in [0.717, 1.165) is 29.6 Å². The highest BCUT2D eigenvalue weighted by molar-refractivity contribution is 7.98. The molecule has 0 saturated heterocycles. The number of furan rings is 1. The lowest BCUT2D eigenvalue weighted by Gasteiger charge is -2.08. The van der Waals surface area contributed by atoms with Crippen molar-refractivity contribution in [1.82, 2.24) is 15.1 Å². The van der Waals surface area contributed by atoms with E-state index in [4.69, 9.17) is 4.42 Å². The Morgan fingerprint density at radius 2 is 2.00 bits per heavy atom. The first-order valence-corrected chi connectivity index (χ1v) is 9.06. The van der Waals surface area contributed by atoms with Crippen LogP contribution in [0.3, 0.4) is 0 Å². The molecule has 0 unspecified atom stereocenters. The van der Waals surface area contributed by atoms with Crippen LogP contribution in [0.1, 0.15) is 22.8 Å². The third kappa shape index (κ3) is 5.43. The van der Waals surface area contributed by atoms with Gasteiger partial charge in [-0.1, -0.05) is 0 Å². The monoisotopic (exact) mass is 365 g/mol. The molecule has 0 radical (unpaired) electrons. The van der Waals surface area contributed by atoms with Crippen molar-refractivity contribution in [3.05, 3.63) is 45.0 Å². The predicted molar refractivity (Wildman–Crippen MR) is 98.9 cm³/mol. The zero-order chi connectivity index (χ0) is 18.4. The predicted octanol–water partition coefficient (Wildman–Crippen LogP) is 3.00. The van der Waals surface area contributed by atoms with Gasteiger partial charge >= 0.3 is 5.69 Å². The van der Waals surface area contributed by atoms with Gasteiger partial charge in [0, 0.05) is 12.3 Å². The van der Waals surface area contributed by atoms with Crippen LogP contribution in [0, 0.1) is 24.0 Å². The first-order chi connectivity index (χ1) is 11.9. The highest BCUT2D eigenvalue weighted by Gasteiger charge is 2.21. The Balaban J connectivity index is 1.81. The average Bonchev–Trinajstić information content (AvgIpc) is 2.96. The molecule has 2 aromatic rings. The third-order valence-corrected chi connectivity index (χ3v) is 4.56. The van der Waals surface area contributed by atoms with Crippen molar-refractivity contribution in [2.45, 2.75) is 26.1 Å². The van der Waals surface area contributed by atoms with Crippen molar-refractivity contribution in [3.8, 4) is 0 Å². The normalized spacial score (nSPS) is 11.1. The Morgan fingerprint density at radius 1 is 1.28 bits per heavy atom. The lowest BCUT2D eigenvalue weighted by Crippen LogP contribution is -2.11. The maximum Gasteiger partial charge on any atom is 0.317 e. The van der Waals surface area contributed by atoms with Crippen molar-refractivity contribution >= 4 is 23.3 Å². The van der Waals surface area contributed by atoms with Crippen LogP contribution in [0.2, 0.25) is 0 Å². The Bertz CT molecular complexity index is 733. The van der Waals surface area contributed by atoms with Crippen molar-refractivity contribution in [3.63, 3.8) is 0 Å². The fraction of sp³-hybridized carbons (Fsp3) is 0.500. The summed E-state index contributed by atoms with van der Waals surface area (Å²) in [7, 11) is 4.00. The van der Waals surface area contributed by atoms with Crippen molar-refractivity contribution in [2.24, 2.45) is 0 Å². The van der Waals surface area contributed by atoms with Crippen LogP contribution in [-0.2, 0) is 12.3 Å². The van der Waals surface area contributed by atoms with Crippen LogP contribution in [0.25, 0.3) is 0 Å². The fourth-order valence-corrected chi connectivity index (χ4v) is 3.00. The van der Waals surface area contributed by atoms with Gasteiger partial charge < -0.3 is 14.6 Å². The maximum absolute atomic E-state index is 11.2. The summed E-state index contributed by atoms with van der Waals surface area (Å²) in [5.74, 6) is 3.63. The number of nitrogens with one attached hydrogen (secondary N) is 1. The molecule has 0 aromatic carbocycles. The van der Waals surface area contributed by atoms with Crippen LogP contribution in [0.5, 0.6) is 0 Å². The molecule has 0 fully saturated rings. The second-order valence-corrected chi connectivity index (χ2v) is 7.06. The third-order valence-electron chi connectivity index (χ3n) is 3.58. The standard InChI is InChI=1S/C16H23N5O3S/c1-11-12(2)18-19-16(15(11)21(22)23)17-7-8-25-10-14-6-5-13(24-14)9-20(3)4/h5-6H,7-10H2,1-4H3,(H,17,19). The van der Waals surface area contributed by atoms with Crippen LogP contribution in [0.15, 0.2) is 16.5 Å². The van der Waals surface area contributed by atoms with Crippen LogP contribution in [-0.4, -0.2) is 46.4 Å². The number of aromatic nitrogens is 2. The van der Waals surface area contributed by atoms with E-state index in [-0.39, 0.29) is 11.5 Å². The molecule has 9 heteroatoms. The molecule has 0 aliphatic rings. The van der Waals surface area contributed by atoms with Gasteiger partial charge in [-0.2, -0.15) is 16.9 Å². The van der Waals surface area contributed by atoms with E-state index in [1.807, 2.05) is 26.2 Å². The van der Waals surface area contributed by atoms with E-state index in [9.17, 15) is 10.1 Å². The van der Waals surface area contributed by atoms with Gasteiger partial charge in [0.05, 0.1) is 28.5 Å². The summed E-state index contributed by atoms with van der Waals surface area (Å²) in [6.45, 7) is 4.74. The molecule has 1 N–H and O–H groups in total. The minimum Gasteiger partial charge on any atom is -0.464 e. The highest BCUT2D eigenvalue weighted by atomic mass is 32.2. The van der Waals surface area contributed by atoms with Crippen molar-refractivity contribution < 1.29 is 9.34 Å². The smallest absolute Gasteiger partial charge is 0.317 e. The van der Waals surface area contributed by atoms with Gasteiger partial charge in [-0.3, -0.25) is 10.1 Å². The van der Waals surface area contributed by atoms with E-state index < -0.39 is 4.92 Å². The summed E-state index contributed by atoms with van der Waals surface area (Å²) >= 11 is 1.69. The van der Waals surface area contributed by atoms with E-state index in [1.54, 1.807) is 25.6 Å². The summed E-state index contributed by atoms with van der Waals surface area (Å²) < 4.78 is 5.74. The number of nitro groups is 1. The summed E-state index contributed by atoms with van der Waals surface area (Å²) in [5, 5.41) is 22.1. The Morgan fingerprint density at radius 3 is 2.68 bits per heavy atom. The number of thioether (sulfide) groups is 1.